The molecule has 3 atom stereocenters. The quantitative estimate of drug-likeness (QED) is 0.0759. The molecule has 4 aromatic rings. The van der Waals surface area contributed by atoms with Crippen LogP contribution in [-0.4, -0.2) is 63.8 Å². The molecule has 3 aromatic carbocycles. The normalized spacial score (nSPS) is 16.9. The lowest BCUT2D eigenvalue weighted by Crippen LogP contribution is -2.44. The summed E-state index contributed by atoms with van der Waals surface area (Å²) in [5.74, 6) is -1.67. The number of fused-ring (bicyclic) bond motifs is 1. The molecule has 250 valence electrons. The molecule has 0 aliphatic carbocycles. The molecule has 2 heterocycles. The zero-order valence-corrected chi connectivity index (χ0v) is 27.2. The highest BCUT2D eigenvalue weighted by atomic mass is 16.5. The van der Waals surface area contributed by atoms with E-state index in [2.05, 4.69) is 10.3 Å². The smallest absolute Gasteiger partial charge is 0.305 e. The van der Waals surface area contributed by atoms with Gasteiger partial charge in [-0.3, -0.25) is 24.0 Å². The lowest BCUT2D eigenvalue weighted by Gasteiger charge is -2.28. The van der Waals surface area contributed by atoms with E-state index in [1.165, 1.54) is 12.0 Å². The third-order valence-electron chi connectivity index (χ3n) is 8.82. The van der Waals surface area contributed by atoms with Crippen molar-refractivity contribution >= 4 is 35.3 Å². The fourth-order valence-electron chi connectivity index (χ4n) is 6.09. The molecule has 1 unspecified atom stereocenters. The minimum Gasteiger partial charge on any atom is -0.469 e. The molecule has 11 heteroatoms. The molecule has 1 aliphatic heterocycles. The van der Waals surface area contributed by atoms with Gasteiger partial charge in [0.2, 0.25) is 6.41 Å². The highest BCUT2D eigenvalue weighted by Gasteiger charge is 2.52. The molecule has 0 spiro atoms. The predicted octanol–water partition coefficient (Wildman–Crippen LogP) is 4.86. The standard InChI is InChI=1S/C37H41N5O6/c1-27(13-9-11-21-40-24-33(38-39-40)31(25-43)28-14-5-3-6-15-28)37(47)32-23-30(42(26-44)29-16-7-4-8-17-29)19-20-34(32)41(36(37)46)22-12-10-18-35(45)48-2/h3-9,13-17,19-20,23-24,26-27,31,43,47H,10-12,18,21-22,25H2,1-2H3/b13-9+/t27-,31?,37+/m1/s1. The number of nitrogens with zero attached hydrogens (tertiary/aromatic N) is 5. The molecule has 0 saturated heterocycles. The van der Waals surface area contributed by atoms with E-state index < -0.39 is 17.4 Å². The number of rotatable bonds is 16. The van der Waals surface area contributed by atoms with Gasteiger partial charge in [0.25, 0.3) is 5.91 Å². The van der Waals surface area contributed by atoms with Crippen LogP contribution in [0.5, 0.6) is 0 Å². The summed E-state index contributed by atoms with van der Waals surface area (Å²) >= 11 is 0. The van der Waals surface area contributed by atoms with E-state index in [1.54, 1.807) is 34.7 Å². The van der Waals surface area contributed by atoms with Crippen LogP contribution in [0.3, 0.4) is 0 Å². The molecule has 0 saturated carbocycles. The van der Waals surface area contributed by atoms with Crippen molar-refractivity contribution in [3.8, 4) is 0 Å². The van der Waals surface area contributed by atoms with Gasteiger partial charge in [-0.25, -0.2) is 0 Å². The zero-order valence-electron chi connectivity index (χ0n) is 27.2. The molecule has 0 radical (unpaired) electrons. The molecule has 2 amide bonds. The van der Waals surface area contributed by atoms with Crippen LogP contribution in [0.1, 0.15) is 55.3 Å². The average Bonchev–Trinajstić information content (AvgIpc) is 3.67. The highest BCUT2D eigenvalue weighted by molar-refractivity contribution is 6.08. The summed E-state index contributed by atoms with van der Waals surface area (Å²) in [6.45, 7) is 2.52. The highest BCUT2D eigenvalue weighted by Crippen LogP contribution is 2.47. The number of aryl methyl sites for hydroxylation is 1. The number of allylic oxidation sites excluding steroid dienone is 1. The Balaban J connectivity index is 1.34. The number of anilines is 3. The first-order valence-corrected chi connectivity index (χ1v) is 16.1. The van der Waals surface area contributed by atoms with E-state index in [0.29, 0.717) is 67.1 Å². The van der Waals surface area contributed by atoms with Crippen LogP contribution in [0.4, 0.5) is 17.1 Å². The van der Waals surface area contributed by atoms with E-state index in [0.717, 1.165) is 5.56 Å². The van der Waals surface area contributed by atoms with Crippen LogP contribution in [-0.2, 0) is 31.3 Å². The van der Waals surface area contributed by atoms with E-state index in [1.807, 2.05) is 79.0 Å². The molecular formula is C37H41N5O6. The van der Waals surface area contributed by atoms with Gasteiger partial charge in [-0.15, -0.1) is 5.10 Å². The molecule has 1 aromatic heterocycles. The van der Waals surface area contributed by atoms with Gasteiger partial charge in [0.15, 0.2) is 5.60 Å². The maximum absolute atomic E-state index is 14.0. The summed E-state index contributed by atoms with van der Waals surface area (Å²) in [7, 11) is 1.34. The Morgan fingerprint density at radius 3 is 2.44 bits per heavy atom. The number of benzene rings is 3. The number of ether oxygens (including phenoxy) is 1. The maximum Gasteiger partial charge on any atom is 0.305 e. The number of aliphatic hydroxyl groups is 2. The van der Waals surface area contributed by atoms with E-state index in [-0.39, 0.29) is 24.9 Å². The maximum atomic E-state index is 14.0. The van der Waals surface area contributed by atoms with E-state index >= 15 is 0 Å². The first-order chi connectivity index (χ1) is 23.3. The Kier molecular flexibility index (Phi) is 11.1. The van der Waals surface area contributed by atoms with Crippen molar-refractivity contribution in [3.05, 3.63) is 114 Å². The van der Waals surface area contributed by atoms with Crippen molar-refractivity contribution < 1.29 is 29.3 Å². The van der Waals surface area contributed by atoms with Gasteiger partial charge in [0, 0.05) is 48.6 Å². The lowest BCUT2D eigenvalue weighted by molar-refractivity contribution is -0.140. The van der Waals surface area contributed by atoms with Crippen molar-refractivity contribution in [2.75, 3.05) is 30.1 Å². The van der Waals surface area contributed by atoms with Crippen molar-refractivity contribution in [2.24, 2.45) is 5.92 Å². The SMILES string of the molecule is COC(=O)CCCCN1C(=O)[C@](O)([C@H](C)/C=C/CCn2cc(C(CO)c3ccccc3)nn2)c2cc(N(C=O)c3ccccc3)ccc21. The number of esters is 1. The second kappa shape index (κ2) is 15.6. The summed E-state index contributed by atoms with van der Waals surface area (Å²) in [5.41, 5.74) is 1.88. The van der Waals surface area contributed by atoms with Crippen LogP contribution >= 0.6 is 0 Å². The van der Waals surface area contributed by atoms with Gasteiger partial charge in [0.05, 0.1) is 31.0 Å². The molecule has 11 nitrogen and oxygen atoms in total. The Morgan fingerprint density at radius 2 is 1.75 bits per heavy atom. The number of carbonyl (C=O) groups is 3. The van der Waals surface area contributed by atoms with Crippen LogP contribution in [0, 0.1) is 5.92 Å². The first-order valence-electron chi connectivity index (χ1n) is 16.1. The summed E-state index contributed by atoms with van der Waals surface area (Å²) in [6, 6.07) is 24.0. The Morgan fingerprint density at radius 1 is 1.02 bits per heavy atom. The molecule has 2 N–H and O–H groups in total. The third kappa shape index (κ3) is 7.22. The summed E-state index contributed by atoms with van der Waals surface area (Å²) in [5, 5.41) is 30.7. The van der Waals surface area contributed by atoms with Gasteiger partial charge < -0.3 is 19.8 Å². The number of hydrogen-bond acceptors (Lipinski definition) is 8. The zero-order chi connectivity index (χ0) is 34.1. The fourth-order valence-corrected chi connectivity index (χ4v) is 6.09. The summed E-state index contributed by atoms with van der Waals surface area (Å²) in [6.07, 6.45) is 8.11. The number of methoxy groups -OCH3 is 1. The van der Waals surface area contributed by atoms with Gasteiger partial charge in [-0.05, 0) is 55.2 Å². The predicted molar refractivity (Wildman–Crippen MR) is 182 cm³/mol. The molecule has 1 aliphatic rings. The second-order valence-electron chi connectivity index (χ2n) is 11.8. The van der Waals surface area contributed by atoms with Crippen LogP contribution < -0.4 is 9.80 Å². The number of aliphatic hydroxyl groups excluding tert-OH is 1. The van der Waals surface area contributed by atoms with Crippen molar-refractivity contribution in [2.45, 2.75) is 50.7 Å². The number of para-hydroxylation sites is 1. The van der Waals surface area contributed by atoms with Crippen molar-refractivity contribution in [1.82, 2.24) is 15.0 Å². The molecule has 0 bridgehead atoms. The Bertz CT molecular complexity index is 1730. The minimum atomic E-state index is -1.89. The fraction of sp³-hybridized carbons (Fsp3) is 0.324. The van der Waals surface area contributed by atoms with Crippen molar-refractivity contribution in [3.63, 3.8) is 0 Å². The van der Waals surface area contributed by atoms with Crippen LogP contribution in [0.2, 0.25) is 0 Å². The largest absolute Gasteiger partial charge is 0.469 e. The molecule has 0 fully saturated rings. The number of unbranched alkanes of at least 4 members (excludes halogenated alkanes) is 1. The van der Waals surface area contributed by atoms with E-state index in [4.69, 9.17) is 4.74 Å². The van der Waals surface area contributed by atoms with Gasteiger partial charge >= 0.3 is 5.97 Å². The minimum absolute atomic E-state index is 0.0891. The Labute approximate surface area is 280 Å². The summed E-state index contributed by atoms with van der Waals surface area (Å²) in [4.78, 5) is 40.9. The second-order valence-corrected chi connectivity index (χ2v) is 11.8. The molecule has 48 heavy (non-hydrogen) atoms. The number of hydrogen-bond donors (Lipinski definition) is 2. The van der Waals surface area contributed by atoms with Gasteiger partial charge in [0.1, 0.15) is 0 Å². The summed E-state index contributed by atoms with van der Waals surface area (Å²) < 4.78 is 6.45. The molecular weight excluding hydrogens is 610 g/mol. The van der Waals surface area contributed by atoms with Gasteiger partial charge in [-0.2, -0.15) is 0 Å². The lowest BCUT2D eigenvalue weighted by atomic mass is 9.82. The molecule has 5 rings (SSSR count). The van der Waals surface area contributed by atoms with Crippen LogP contribution in [0.15, 0.2) is 97.2 Å². The van der Waals surface area contributed by atoms with Crippen LogP contribution in [0.25, 0.3) is 0 Å². The van der Waals surface area contributed by atoms with Crippen molar-refractivity contribution in [1.29, 1.82) is 0 Å². The first kappa shape index (κ1) is 34.2. The van der Waals surface area contributed by atoms with E-state index in [9.17, 15) is 24.6 Å². The third-order valence-corrected chi connectivity index (χ3v) is 8.82. The number of aromatic nitrogens is 3. The topological polar surface area (TPSA) is 138 Å². The average molecular weight is 652 g/mol. The number of carbonyl (C=O) groups excluding carboxylic acids is 3. The van der Waals surface area contributed by atoms with Gasteiger partial charge in [-0.1, -0.05) is 72.8 Å². The monoisotopic (exact) mass is 651 g/mol. The number of amides is 2. The Hall–Kier alpha value is -5.13.